The van der Waals surface area contributed by atoms with Crippen molar-refractivity contribution in [1.29, 1.82) is 0 Å². The molecule has 2 aromatic rings. The number of pyridine rings is 1. The van der Waals surface area contributed by atoms with E-state index < -0.39 is 0 Å². The van der Waals surface area contributed by atoms with Crippen LogP contribution >= 0.6 is 0 Å². The third-order valence-electron chi connectivity index (χ3n) is 4.96. The fourth-order valence-electron chi connectivity index (χ4n) is 3.48. The Morgan fingerprint density at radius 1 is 1.21 bits per heavy atom. The smallest absolute Gasteiger partial charge is 0.191 e. The number of hydrogen-bond donors (Lipinski definition) is 3. The van der Waals surface area contributed by atoms with Gasteiger partial charge >= 0.3 is 0 Å². The third-order valence-corrected chi connectivity index (χ3v) is 4.96. The number of aromatic hydroxyl groups is 1. The Bertz CT molecular complexity index is 784. The molecule has 1 aromatic carbocycles. The summed E-state index contributed by atoms with van der Waals surface area (Å²) >= 11 is 0. The lowest BCUT2D eigenvalue weighted by Gasteiger charge is -2.34. The number of nitrogens with zero attached hydrogens (tertiary/aromatic N) is 3. The second kappa shape index (κ2) is 9.97. The highest BCUT2D eigenvalue weighted by Crippen LogP contribution is 2.18. The molecule has 2 heterocycles. The van der Waals surface area contributed by atoms with Crippen molar-refractivity contribution in [2.75, 3.05) is 31.1 Å². The van der Waals surface area contributed by atoms with E-state index >= 15 is 0 Å². The summed E-state index contributed by atoms with van der Waals surface area (Å²) in [5, 5.41) is 16.5. The fraction of sp³-hybridized carbons (Fsp3) is 0.455. The molecular weight excluding hydrogens is 350 g/mol. The molecule has 150 valence electrons. The topological polar surface area (TPSA) is 72.8 Å². The van der Waals surface area contributed by atoms with Crippen molar-refractivity contribution in [2.45, 2.75) is 39.2 Å². The first kappa shape index (κ1) is 20.0. The molecular formula is C22H31N5O. The van der Waals surface area contributed by atoms with Gasteiger partial charge in [-0.15, -0.1) is 0 Å². The van der Waals surface area contributed by atoms with E-state index in [1.54, 1.807) is 12.1 Å². The molecule has 1 fully saturated rings. The molecule has 0 aliphatic carbocycles. The monoisotopic (exact) mass is 381 g/mol. The first-order valence-electron chi connectivity index (χ1n) is 10.2. The molecule has 0 saturated carbocycles. The van der Waals surface area contributed by atoms with Crippen molar-refractivity contribution in [3.63, 3.8) is 0 Å². The number of phenols is 1. The van der Waals surface area contributed by atoms with Gasteiger partial charge in [0.2, 0.25) is 0 Å². The zero-order valence-corrected chi connectivity index (χ0v) is 16.9. The van der Waals surface area contributed by atoms with Gasteiger partial charge in [0, 0.05) is 37.9 Å². The molecule has 0 amide bonds. The summed E-state index contributed by atoms with van der Waals surface area (Å²) in [6.45, 7) is 7.63. The van der Waals surface area contributed by atoms with Crippen molar-refractivity contribution in [2.24, 2.45) is 4.99 Å². The zero-order chi connectivity index (χ0) is 19.8. The van der Waals surface area contributed by atoms with E-state index in [9.17, 15) is 5.11 Å². The summed E-state index contributed by atoms with van der Waals surface area (Å²) in [4.78, 5) is 11.7. The number of nitrogens with one attached hydrogen (secondary N) is 2. The first-order valence-corrected chi connectivity index (χ1v) is 10.2. The summed E-state index contributed by atoms with van der Waals surface area (Å²) < 4.78 is 0. The fourth-order valence-corrected chi connectivity index (χ4v) is 3.48. The summed E-state index contributed by atoms with van der Waals surface area (Å²) in [6, 6.07) is 14.0. The molecule has 1 saturated heterocycles. The summed E-state index contributed by atoms with van der Waals surface area (Å²) in [7, 11) is 0. The molecule has 1 aliphatic heterocycles. The van der Waals surface area contributed by atoms with Crippen LogP contribution in [-0.2, 0) is 6.42 Å². The predicted octanol–water partition coefficient (Wildman–Crippen LogP) is 2.86. The number of phenolic OH excluding ortho intramolecular Hbond substituents is 1. The average molecular weight is 382 g/mol. The summed E-state index contributed by atoms with van der Waals surface area (Å²) in [6.07, 6.45) is 2.93. The highest BCUT2D eigenvalue weighted by atomic mass is 16.3. The molecule has 0 unspecified atom stereocenters. The largest absolute Gasteiger partial charge is 0.508 e. The Morgan fingerprint density at radius 2 is 2.00 bits per heavy atom. The molecule has 3 rings (SSSR count). The Morgan fingerprint density at radius 3 is 2.71 bits per heavy atom. The highest BCUT2D eigenvalue weighted by molar-refractivity contribution is 5.80. The minimum Gasteiger partial charge on any atom is -0.508 e. The molecule has 3 N–H and O–H groups in total. The Hall–Kier alpha value is -2.76. The number of piperidine rings is 1. The lowest BCUT2D eigenvalue weighted by Crippen LogP contribution is -2.49. The van der Waals surface area contributed by atoms with Gasteiger partial charge in [-0.25, -0.2) is 4.98 Å². The summed E-state index contributed by atoms with van der Waals surface area (Å²) in [5.41, 5.74) is 2.16. The van der Waals surface area contributed by atoms with Crippen molar-refractivity contribution >= 4 is 11.8 Å². The molecule has 28 heavy (non-hydrogen) atoms. The number of aryl methyl sites for hydroxylation is 1. The van der Waals surface area contributed by atoms with Gasteiger partial charge < -0.3 is 20.6 Å². The standard InChI is InChI=1S/C22H31N5O/c1-3-23-22(24-13-10-18-7-5-8-20(28)16-18)26-19-11-14-27(15-12-19)21-9-4-6-17(2)25-21/h4-9,16,19,28H,3,10-15H2,1-2H3,(H2,23,24,26). The van der Waals surface area contributed by atoms with Gasteiger partial charge in [-0.05, 0) is 62.9 Å². The van der Waals surface area contributed by atoms with Gasteiger partial charge in [-0.2, -0.15) is 0 Å². The maximum Gasteiger partial charge on any atom is 0.191 e. The highest BCUT2D eigenvalue weighted by Gasteiger charge is 2.20. The molecule has 0 radical (unpaired) electrons. The summed E-state index contributed by atoms with van der Waals surface area (Å²) in [5.74, 6) is 2.25. The van der Waals surface area contributed by atoms with Gasteiger partial charge in [0.15, 0.2) is 5.96 Å². The maximum absolute atomic E-state index is 9.57. The quantitative estimate of drug-likeness (QED) is 0.530. The Kier molecular flexibility index (Phi) is 7.12. The molecule has 0 atom stereocenters. The molecule has 6 nitrogen and oxygen atoms in total. The Balaban J connectivity index is 1.50. The lowest BCUT2D eigenvalue weighted by molar-refractivity contribution is 0.459. The minimum absolute atomic E-state index is 0.307. The van der Waals surface area contributed by atoms with Gasteiger partial charge in [-0.3, -0.25) is 4.99 Å². The second-order valence-electron chi connectivity index (χ2n) is 7.22. The molecule has 0 spiro atoms. The van der Waals surface area contributed by atoms with Gasteiger partial charge in [0.05, 0.1) is 0 Å². The van der Waals surface area contributed by atoms with Crippen LogP contribution in [0.3, 0.4) is 0 Å². The number of rotatable bonds is 6. The zero-order valence-electron chi connectivity index (χ0n) is 16.9. The van der Waals surface area contributed by atoms with E-state index in [4.69, 9.17) is 4.99 Å². The molecule has 1 aliphatic rings. The number of anilines is 1. The second-order valence-corrected chi connectivity index (χ2v) is 7.22. The minimum atomic E-state index is 0.307. The van der Waals surface area contributed by atoms with Crippen LogP contribution in [0.25, 0.3) is 0 Å². The first-order chi connectivity index (χ1) is 13.6. The SMILES string of the molecule is CCNC(=NCCc1cccc(O)c1)NC1CCN(c2cccc(C)n2)CC1. The van der Waals surface area contributed by atoms with Crippen LogP contribution in [-0.4, -0.2) is 48.3 Å². The van der Waals surface area contributed by atoms with Crippen LogP contribution in [0.4, 0.5) is 5.82 Å². The number of aromatic nitrogens is 1. The number of guanidine groups is 1. The number of benzene rings is 1. The van der Waals surface area contributed by atoms with E-state index in [1.165, 1.54) is 0 Å². The molecule has 6 heteroatoms. The van der Waals surface area contributed by atoms with Gasteiger partial charge in [-0.1, -0.05) is 18.2 Å². The van der Waals surface area contributed by atoms with E-state index in [-0.39, 0.29) is 0 Å². The maximum atomic E-state index is 9.57. The predicted molar refractivity (Wildman–Crippen MR) is 115 cm³/mol. The van der Waals surface area contributed by atoms with Crippen LogP contribution in [0.15, 0.2) is 47.5 Å². The van der Waals surface area contributed by atoms with Crippen LogP contribution < -0.4 is 15.5 Å². The van der Waals surface area contributed by atoms with Gasteiger partial charge in [0.1, 0.15) is 11.6 Å². The normalized spacial score (nSPS) is 15.5. The van der Waals surface area contributed by atoms with Crippen LogP contribution in [0.2, 0.25) is 0 Å². The molecule has 0 bridgehead atoms. The lowest BCUT2D eigenvalue weighted by atomic mass is 10.1. The van der Waals surface area contributed by atoms with Crippen LogP contribution in [0.5, 0.6) is 5.75 Å². The van der Waals surface area contributed by atoms with Crippen molar-refractivity contribution in [1.82, 2.24) is 15.6 Å². The average Bonchev–Trinajstić information content (AvgIpc) is 2.69. The third kappa shape index (κ3) is 5.87. The molecule has 1 aromatic heterocycles. The van der Waals surface area contributed by atoms with E-state index in [0.29, 0.717) is 18.3 Å². The number of aliphatic imine (C=N–C) groups is 1. The van der Waals surface area contributed by atoms with E-state index in [0.717, 1.165) is 61.9 Å². The van der Waals surface area contributed by atoms with Crippen LogP contribution in [0.1, 0.15) is 31.0 Å². The van der Waals surface area contributed by atoms with Crippen molar-refractivity contribution < 1.29 is 5.11 Å². The van der Waals surface area contributed by atoms with Crippen molar-refractivity contribution in [3.8, 4) is 5.75 Å². The Labute approximate surface area is 167 Å². The van der Waals surface area contributed by atoms with E-state index in [1.807, 2.05) is 25.1 Å². The number of hydrogen-bond acceptors (Lipinski definition) is 4. The van der Waals surface area contributed by atoms with Crippen molar-refractivity contribution in [3.05, 3.63) is 53.7 Å². The van der Waals surface area contributed by atoms with Crippen LogP contribution in [0, 0.1) is 6.92 Å². The van der Waals surface area contributed by atoms with E-state index in [2.05, 4.69) is 39.6 Å². The van der Waals surface area contributed by atoms with Gasteiger partial charge in [0.25, 0.3) is 0 Å².